The minimum Gasteiger partial charge on any atom is -0.388 e. The third-order valence-corrected chi connectivity index (χ3v) is 4.34. The standard InChI is InChI=1S/C17H26N2O2/c18-12-15-8-4-3-7-14(15)11-16(20)19-13-17(21)9-5-1-2-6-10-17/h3-4,7-8,21H,1-2,5-6,9-13,18H2,(H,19,20). The van der Waals surface area contributed by atoms with Crippen LogP contribution < -0.4 is 11.1 Å². The Morgan fingerprint density at radius 3 is 2.38 bits per heavy atom. The Morgan fingerprint density at radius 1 is 1.14 bits per heavy atom. The van der Waals surface area contributed by atoms with E-state index in [4.69, 9.17) is 5.73 Å². The van der Waals surface area contributed by atoms with Gasteiger partial charge in [-0.1, -0.05) is 49.9 Å². The topological polar surface area (TPSA) is 75.4 Å². The molecule has 0 unspecified atom stereocenters. The Balaban J connectivity index is 1.87. The largest absolute Gasteiger partial charge is 0.388 e. The predicted octanol–water partition coefficient (Wildman–Crippen LogP) is 1.89. The molecule has 0 saturated heterocycles. The highest BCUT2D eigenvalue weighted by Gasteiger charge is 2.28. The zero-order valence-electron chi connectivity index (χ0n) is 12.6. The van der Waals surface area contributed by atoms with Crippen LogP contribution in [0.15, 0.2) is 24.3 Å². The van der Waals surface area contributed by atoms with Crippen LogP contribution in [0.25, 0.3) is 0 Å². The summed E-state index contributed by atoms with van der Waals surface area (Å²) in [6, 6.07) is 7.72. The lowest BCUT2D eigenvalue weighted by Gasteiger charge is -2.26. The lowest BCUT2D eigenvalue weighted by molar-refractivity contribution is -0.121. The van der Waals surface area contributed by atoms with Crippen LogP contribution in [0.5, 0.6) is 0 Å². The lowest BCUT2D eigenvalue weighted by atomic mass is 9.94. The number of carbonyl (C=O) groups is 1. The van der Waals surface area contributed by atoms with Crippen LogP contribution in [0.4, 0.5) is 0 Å². The molecule has 4 N–H and O–H groups in total. The Labute approximate surface area is 126 Å². The van der Waals surface area contributed by atoms with Gasteiger partial charge in [-0.2, -0.15) is 0 Å². The maximum absolute atomic E-state index is 12.1. The molecule has 4 nitrogen and oxygen atoms in total. The Bertz CT molecular complexity index is 466. The van der Waals surface area contributed by atoms with Gasteiger partial charge in [-0.05, 0) is 24.0 Å². The molecule has 0 spiro atoms. The van der Waals surface area contributed by atoms with E-state index >= 15 is 0 Å². The summed E-state index contributed by atoms with van der Waals surface area (Å²) in [5.74, 6) is -0.0476. The molecular weight excluding hydrogens is 264 g/mol. The highest BCUT2D eigenvalue weighted by atomic mass is 16.3. The van der Waals surface area contributed by atoms with Crippen molar-refractivity contribution in [1.82, 2.24) is 5.32 Å². The van der Waals surface area contributed by atoms with Gasteiger partial charge in [0.2, 0.25) is 5.91 Å². The van der Waals surface area contributed by atoms with E-state index in [-0.39, 0.29) is 5.91 Å². The molecule has 1 aliphatic carbocycles. The Hall–Kier alpha value is -1.39. The minimum atomic E-state index is -0.723. The molecule has 0 atom stereocenters. The van der Waals surface area contributed by atoms with Gasteiger partial charge in [0.05, 0.1) is 12.0 Å². The van der Waals surface area contributed by atoms with E-state index in [0.29, 0.717) is 19.5 Å². The molecule has 1 aliphatic rings. The van der Waals surface area contributed by atoms with Crippen molar-refractivity contribution in [3.8, 4) is 0 Å². The minimum absolute atomic E-state index is 0.0476. The van der Waals surface area contributed by atoms with Gasteiger partial charge >= 0.3 is 0 Å². The second-order valence-electron chi connectivity index (χ2n) is 6.06. The van der Waals surface area contributed by atoms with Crippen molar-refractivity contribution < 1.29 is 9.90 Å². The molecule has 1 fully saturated rings. The van der Waals surface area contributed by atoms with E-state index in [1.807, 2.05) is 24.3 Å². The molecule has 1 amide bonds. The number of benzene rings is 1. The molecule has 4 heteroatoms. The molecule has 2 rings (SSSR count). The Kier molecular flexibility index (Phi) is 5.76. The average molecular weight is 290 g/mol. The second-order valence-corrected chi connectivity index (χ2v) is 6.06. The van der Waals surface area contributed by atoms with Crippen LogP contribution in [-0.2, 0) is 17.8 Å². The summed E-state index contributed by atoms with van der Waals surface area (Å²) in [4.78, 5) is 12.1. The molecule has 1 saturated carbocycles. The van der Waals surface area contributed by atoms with E-state index in [0.717, 1.165) is 36.8 Å². The van der Waals surface area contributed by atoms with Crippen LogP contribution in [-0.4, -0.2) is 23.2 Å². The number of amides is 1. The Morgan fingerprint density at radius 2 is 1.76 bits per heavy atom. The number of nitrogens with two attached hydrogens (primary N) is 1. The van der Waals surface area contributed by atoms with Crippen molar-refractivity contribution in [2.45, 2.75) is 57.1 Å². The monoisotopic (exact) mass is 290 g/mol. The molecule has 0 bridgehead atoms. The van der Waals surface area contributed by atoms with Gasteiger partial charge in [0.25, 0.3) is 0 Å². The third kappa shape index (κ3) is 4.83. The SMILES string of the molecule is NCc1ccccc1CC(=O)NCC1(O)CCCCCC1. The molecule has 0 aliphatic heterocycles. The van der Waals surface area contributed by atoms with Crippen molar-refractivity contribution >= 4 is 5.91 Å². The quantitative estimate of drug-likeness (QED) is 0.725. The fourth-order valence-electron chi connectivity index (χ4n) is 2.99. The molecule has 0 heterocycles. The summed E-state index contributed by atoms with van der Waals surface area (Å²) in [6.45, 7) is 0.796. The molecule has 1 aromatic rings. The van der Waals surface area contributed by atoms with Gasteiger partial charge in [0.15, 0.2) is 0 Å². The van der Waals surface area contributed by atoms with Crippen LogP contribution in [0.1, 0.15) is 49.7 Å². The van der Waals surface area contributed by atoms with E-state index in [2.05, 4.69) is 5.32 Å². The van der Waals surface area contributed by atoms with Crippen LogP contribution >= 0.6 is 0 Å². The fourth-order valence-corrected chi connectivity index (χ4v) is 2.99. The molecule has 1 aromatic carbocycles. The van der Waals surface area contributed by atoms with Crippen molar-refractivity contribution in [3.63, 3.8) is 0 Å². The van der Waals surface area contributed by atoms with Gasteiger partial charge in [-0.3, -0.25) is 4.79 Å². The van der Waals surface area contributed by atoms with Crippen molar-refractivity contribution in [2.75, 3.05) is 6.54 Å². The highest BCUT2D eigenvalue weighted by Crippen LogP contribution is 2.26. The molecule has 116 valence electrons. The summed E-state index contributed by atoms with van der Waals surface area (Å²) in [5, 5.41) is 13.4. The normalized spacial score (nSPS) is 18.0. The van der Waals surface area contributed by atoms with Gasteiger partial charge in [0, 0.05) is 13.1 Å². The summed E-state index contributed by atoms with van der Waals surface area (Å²) >= 11 is 0. The van der Waals surface area contributed by atoms with Crippen molar-refractivity contribution in [2.24, 2.45) is 5.73 Å². The summed E-state index contributed by atoms with van der Waals surface area (Å²) in [7, 11) is 0. The number of carbonyl (C=O) groups excluding carboxylic acids is 1. The van der Waals surface area contributed by atoms with Crippen molar-refractivity contribution in [3.05, 3.63) is 35.4 Å². The number of rotatable bonds is 5. The summed E-state index contributed by atoms with van der Waals surface area (Å²) in [5.41, 5.74) is 6.93. The van der Waals surface area contributed by atoms with E-state index in [1.54, 1.807) is 0 Å². The maximum atomic E-state index is 12.1. The number of nitrogens with one attached hydrogen (secondary N) is 1. The van der Waals surface area contributed by atoms with E-state index in [1.165, 1.54) is 12.8 Å². The smallest absolute Gasteiger partial charge is 0.224 e. The van der Waals surface area contributed by atoms with Crippen LogP contribution in [0, 0.1) is 0 Å². The molecular formula is C17H26N2O2. The summed E-state index contributed by atoms with van der Waals surface area (Å²) in [6.07, 6.45) is 6.34. The number of aliphatic hydroxyl groups is 1. The number of hydrogen-bond donors (Lipinski definition) is 3. The second kappa shape index (κ2) is 7.57. The molecule has 0 aromatic heterocycles. The van der Waals surface area contributed by atoms with Crippen molar-refractivity contribution in [1.29, 1.82) is 0 Å². The lowest BCUT2D eigenvalue weighted by Crippen LogP contribution is -2.43. The third-order valence-electron chi connectivity index (χ3n) is 4.34. The predicted molar refractivity (Wildman–Crippen MR) is 83.7 cm³/mol. The van der Waals surface area contributed by atoms with Gasteiger partial charge < -0.3 is 16.2 Å². The van der Waals surface area contributed by atoms with E-state index in [9.17, 15) is 9.90 Å². The molecule has 0 radical (unpaired) electrons. The fraction of sp³-hybridized carbons (Fsp3) is 0.588. The first-order chi connectivity index (χ1) is 10.1. The first-order valence-corrected chi connectivity index (χ1v) is 7.89. The maximum Gasteiger partial charge on any atom is 0.224 e. The molecule has 21 heavy (non-hydrogen) atoms. The summed E-state index contributed by atoms with van der Waals surface area (Å²) < 4.78 is 0. The number of hydrogen-bond acceptors (Lipinski definition) is 3. The zero-order chi connectivity index (χ0) is 15.1. The zero-order valence-corrected chi connectivity index (χ0v) is 12.6. The first kappa shape index (κ1) is 16.0. The van der Waals surface area contributed by atoms with Gasteiger partial charge in [-0.25, -0.2) is 0 Å². The van der Waals surface area contributed by atoms with Crippen LogP contribution in [0.2, 0.25) is 0 Å². The van der Waals surface area contributed by atoms with Gasteiger partial charge in [-0.15, -0.1) is 0 Å². The van der Waals surface area contributed by atoms with Gasteiger partial charge in [0.1, 0.15) is 0 Å². The van der Waals surface area contributed by atoms with Crippen LogP contribution in [0.3, 0.4) is 0 Å². The van der Waals surface area contributed by atoms with E-state index < -0.39 is 5.60 Å². The first-order valence-electron chi connectivity index (χ1n) is 7.89. The highest BCUT2D eigenvalue weighted by molar-refractivity contribution is 5.79. The average Bonchev–Trinajstić information content (AvgIpc) is 2.71.